The third-order valence-electron chi connectivity index (χ3n) is 5.77. The lowest BCUT2D eigenvalue weighted by Crippen LogP contribution is -2.53. The zero-order valence-corrected chi connectivity index (χ0v) is 21.1. The molecule has 0 aliphatic carbocycles. The molecule has 2 saturated heterocycles. The van der Waals surface area contributed by atoms with Crippen LogP contribution < -0.4 is 10.2 Å². The number of nitrogens with zero attached hydrogens (tertiary/aromatic N) is 5. The zero-order valence-electron chi connectivity index (χ0n) is 18.0. The Hall–Kier alpha value is -0.770. The number of aliphatic imine (C=N–C) groups is 1. The molecule has 2 heterocycles. The van der Waals surface area contributed by atoms with Gasteiger partial charge >= 0.3 is 0 Å². The summed E-state index contributed by atoms with van der Waals surface area (Å²) in [6, 6.07) is 8.59. The third kappa shape index (κ3) is 6.87. The molecule has 0 saturated carbocycles. The first-order valence-electron chi connectivity index (χ1n) is 10.5. The molecule has 3 rings (SSSR count). The number of halogens is 2. The molecule has 0 amide bonds. The van der Waals surface area contributed by atoms with Crippen molar-refractivity contribution in [2.24, 2.45) is 4.99 Å². The summed E-state index contributed by atoms with van der Waals surface area (Å²) < 4.78 is 0. The molecule has 2 fully saturated rings. The fraction of sp³-hybridized carbons (Fsp3) is 0.667. The van der Waals surface area contributed by atoms with Gasteiger partial charge < -0.3 is 20.0 Å². The van der Waals surface area contributed by atoms with Crippen LogP contribution in [0.15, 0.2) is 29.3 Å². The lowest BCUT2D eigenvalue weighted by atomic mass is 10.2. The van der Waals surface area contributed by atoms with E-state index in [-0.39, 0.29) is 24.0 Å². The second-order valence-corrected chi connectivity index (χ2v) is 8.22. The molecule has 29 heavy (non-hydrogen) atoms. The SMILES string of the molecule is CCNC(=NCC(C)N1CCN(C)CC1)N1CCN(c2ccccc2Cl)CC1.I. The minimum atomic E-state index is 0. The number of piperazine rings is 2. The van der Waals surface area contributed by atoms with Crippen molar-refractivity contribution >= 4 is 47.2 Å². The Kier molecular flexibility index (Phi) is 10.3. The lowest BCUT2D eigenvalue weighted by Gasteiger charge is -2.38. The molecule has 1 N–H and O–H groups in total. The van der Waals surface area contributed by atoms with Gasteiger partial charge in [-0.05, 0) is 33.0 Å². The smallest absolute Gasteiger partial charge is 0.194 e. The van der Waals surface area contributed by atoms with Gasteiger partial charge in [0.25, 0.3) is 0 Å². The van der Waals surface area contributed by atoms with Crippen molar-refractivity contribution in [3.8, 4) is 0 Å². The highest BCUT2D eigenvalue weighted by Gasteiger charge is 2.22. The van der Waals surface area contributed by atoms with Gasteiger partial charge in [-0.25, -0.2) is 0 Å². The summed E-state index contributed by atoms with van der Waals surface area (Å²) in [6.45, 7) is 14.6. The normalized spacial score (nSPS) is 20.3. The Bertz CT molecular complexity index is 642. The van der Waals surface area contributed by atoms with E-state index in [4.69, 9.17) is 16.6 Å². The van der Waals surface area contributed by atoms with Crippen molar-refractivity contribution in [3.05, 3.63) is 29.3 Å². The number of benzene rings is 1. The molecule has 1 aromatic carbocycles. The summed E-state index contributed by atoms with van der Waals surface area (Å²) in [4.78, 5) is 14.7. The van der Waals surface area contributed by atoms with Crippen molar-refractivity contribution in [2.75, 3.05) is 77.4 Å². The molecule has 2 aliphatic heterocycles. The third-order valence-corrected chi connectivity index (χ3v) is 6.09. The van der Waals surface area contributed by atoms with Gasteiger partial charge in [0.2, 0.25) is 0 Å². The van der Waals surface area contributed by atoms with Crippen LogP contribution in [-0.4, -0.2) is 99.2 Å². The van der Waals surface area contributed by atoms with E-state index in [2.05, 4.69) is 57.9 Å². The first-order valence-corrected chi connectivity index (χ1v) is 10.9. The highest BCUT2D eigenvalue weighted by Crippen LogP contribution is 2.26. The van der Waals surface area contributed by atoms with Crippen molar-refractivity contribution in [1.29, 1.82) is 0 Å². The number of para-hydroxylation sites is 1. The fourth-order valence-electron chi connectivity index (χ4n) is 3.89. The summed E-state index contributed by atoms with van der Waals surface area (Å²) >= 11 is 6.37. The standard InChI is InChI=1S/C21H35ClN6.HI/c1-4-23-21(24-17-18(2)26-11-9-25(3)10-12-26)28-15-13-27(14-16-28)20-8-6-5-7-19(20)22;/h5-8,18H,4,9-17H2,1-3H3,(H,23,24);1H. The maximum absolute atomic E-state index is 6.37. The lowest BCUT2D eigenvalue weighted by molar-refractivity contribution is 0.122. The van der Waals surface area contributed by atoms with E-state index < -0.39 is 0 Å². The molecule has 2 aliphatic rings. The van der Waals surface area contributed by atoms with Crippen LogP contribution in [0.5, 0.6) is 0 Å². The topological polar surface area (TPSA) is 37.4 Å². The highest BCUT2D eigenvalue weighted by atomic mass is 127. The van der Waals surface area contributed by atoms with E-state index in [1.165, 1.54) is 0 Å². The number of likely N-dealkylation sites (N-methyl/N-ethyl adjacent to an activating group) is 1. The van der Waals surface area contributed by atoms with E-state index in [0.717, 1.165) is 82.1 Å². The van der Waals surface area contributed by atoms with Gasteiger partial charge in [0.15, 0.2) is 5.96 Å². The molecule has 0 aromatic heterocycles. The number of anilines is 1. The summed E-state index contributed by atoms with van der Waals surface area (Å²) in [5.74, 6) is 1.04. The summed E-state index contributed by atoms with van der Waals surface area (Å²) in [6.07, 6.45) is 0. The summed E-state index contributed by atoms with van der Waals surface area (Å²) in [7, 11) is 2.20. The Morgan fingerprint density at radius 3 is 2.34 bits per heavy atom. The average Bonchev–Trinajstić information content (AvgIpc) is 2.72. The van der Waals surface area contributed by atoms with E-state index in [1.807, 2.05) is 12.1 Å². The maximum Gasteiger partial charge on any atom is 0.194 e. The minimum Gasteiger partial charge on any atom is -0.367 e. The first kappa shape index (κ1) is 24.5. The molecule has 164 valence electrons. The Morgan fingerprint density at radius 2 is 1.72 bits per heavy atom. The molecular formula is C21H36ClIN6. The highest BCUT2D eigenvalue weighted by molar-refractivity contribution is 14.0. The van der Waals surface area contributed by atoms with Crippen LogP contribution in [0, 0.1) is 0 Å². The van der Waals surface area contributed by atoms with Crippen LogP contribution in [0.3, 0.4) is 0 Å². The molecule has 1 atom stereocenters. The van der Waals surface area contributed by atoms with E-state index >= 15 is 0 Å². The van der Waals surface area contributed by atoms with Crippen molar-refractivity contribution in [1.82, 2.24) is 20.0 Å². The number of guanidine groups is 1. The molecule has 0 spiro atoms. The summed E-state index contributed by atoms with van der Waals surface area (Å²) in [5.41, 5.74) is 1.13. The van der Waals surface area contributed by atoms with Gasteiger partial charge in [0.1, 0.15) is 0 Å². The maximum atomic E-state index is 6.37. The van der Waals surface area contributed by atoms with Crippen LogP contribution in [-0.2, 0) is 0 Å². The van der Waals surface area contributed by atoms with Crippen molar-refractivity contribution in [3.63, 3.8) is 0 Å². The molecule has 8 heteroatoms. The van der Waals surface area contributed by atoms with Gasteiger partial charge in [0, 0.05) is 64.9 Å². The fourth-order valence-corrected chi connectivity index (χ4v) is 4.15. The van der Waals surface area contributed by atoms with Gasteiger partial charge in [-0.1, -0.05) is 23.7 Å². The summed E-state index contributed by atoms with van der Waals surface area (Å²) in [5, 5.41) is 4.32. The van der Waals surface area contributed by atoms with E-state index in [0.29, 0.717) is 6.04 Å². The minimum absolute atomic E-state index is 0. The second kappa shape index (κ2) is 12.2. The largest absolute Gasteiger partial charge is 0.367 e. The Balaban J connectivity index is 0.00000300. The molecule has 1 unspecified atom stereocenters. The van der Waals surface area contributed by atoms with Gasteiger partial charge in [-0.15, -0.1) is 24.0 Å². The zero-order chi connectivity index (χ0) is 19.9. The predicted molar refractivity (Wildman–Crippen MR) is 135 cm³/mol. The molecule has 0 bridgehead atoms. The van der Waals surface area contributed by atoms with Crippen molar-refractivity contribution < 1.29 is 0 Å². The number of hydrogen-bond acceptors (Lipinski definition) is 4. The number of hydrogen-bond donors (Lipinski definition) is 1. The van der Waals surface area contributed by atoms with E-state index in [1.54, 1.807) is 0 Å². The van der Waals surface area contributed by atoms with Crippen LogP contribution in [0.25, 0.3) is 0 Å². The molecular weight excluding hydrogens is 499 g/mol. The van der Waals surface area contributed by atoms with Crippen LogP contribution >= 0.6 is 35.6 Å². The van der Waals surface area contributed by atoms with Crippen LogP contribution in [0.4, 0.5) is 5.69 Å². The van der Waals surface area contributed by atoms with E-state index in [9.17, 15) is 0 Å². The van der Waals surface area contributed by atoms with Crippen LogP contribution in [0.2, 0.25) is 5.02 Å². The molecule has 6 nitrogen and oxygen atoms in total. The second-order valence-electron chi connectivity index (χ2n) is 7.81. The van der Waals surface area contributed by atoms with Gasteiger partial charge in [-0.3, -0.25) is 9.89 Å². The molecule has 1 aromatic rings. The van der Waals surface area contributed by atoms with Gasteiger partial charge in [0.05, 0.1) is 17.3 Å². The van der Waals surface area contributed by atoms with Crippen molar-refractivity contribution in [2.45, 2.75) is 19.9 Å². The van der Waals surface area contributed by atoms with Crippen LogP contribution in [0.1, 0.15) is 13.8 Å². The Labute approximate surface area is 198 Å². The monoisotopic (exact) mass is 534 g/mol. The first-order chi connectivity index (χ1) is 13.6. The quantitative estimate of drug-likeness (QED) is 0.357. The Morgan fingerprint density at radius 1 is 1.07 bits per heavy atom. The number of rotatable bonds is 5. The molecule has 0 radical (unpaired) electrons. The number of nitrogens with one attached hydrogen (secondary N) is 1. The van der Waals surface area contributed by atoms with Gasteiger partial charge in [-0.2, -0.15) is 0 Å². The average molecular weight is 535 g/mol. The predicted octanol–water partition coefficient (Wildman–Crippen LogP) is 2.68.